The molecule has 130 valence electrons. The Morgan fingerprint density at radius 1 is 1.24 bits per heavy atom. The van der Waals surface area contributed by atoms with Crippen molar-refractivity contribution in [3.63, 3.8) is 0 Å². The summed E-state index contributed by atoms with van der Waals surface area (Å²) in [6.45, 7) is 1.68. The fraction of sp³-hybridized carbons (Fsp3) is 0.263. The molecule has 0 aliphatic carbocycles. The van der Waals surface area contributed by atoms with Crippen molar-refractivity contribution in [2.24, 2.45) is 7.05 Å². The fourth-order valence-corrected chi connectivity index (χ4v) is 2.75. The third kappa shape index (κ3) is 3.55. The van der Waals surface area contributed by atoms with E-state index in [1.165, 1.54) is 5.56 Å². The average Bonchev–Trinajstić information content (AvgIpc) is 2.95. The summed E-state index contributed by atoms with van der Waals surface area (Å²) in [6.07, 6.45) is -0.952. The molecule has 0 aliphatic heterocycles. The van der Waals surface area contributed by atoms with Crippen LogP contribution < -0.4 is 5.32 Å². The number of nitrogens with one attached hydrogen (secondary N) is 1. The van der Waals surface area contributed by atoms with Gasteiger partial charge in [-0.3, -0.25) is 9.48 Å². The highest BCUT2D eigenvalue weighted by atomic mass is 16.3. The third-order valence-electron chi connectivity index (χ3n) is 4.14. The van der Waals surface area contributed by atoms with Crippen molar-refractivity contribution in [1.82, 2.24) is 15.1 Å². The Balaban J connectivity index is 1.86. The van der Waals surface area contributed by atoms with E-state index in [4.69, 9.17) is 5.11 Å². The lowest BCUT2D eigenvalue weighted by atomic mass is 10.0. The maximum Gasteiger partial charge on any atom is 0.251 e. The number of amides is 1. The zero-order chi connectivity index (χ0) is 18.0. The lowest BCUT2D eigenvalue weighted by Gasteiger charge is -2.09. The first kappa shape index (κ1) is 17.1. The van der Waals surface area contributed by atoms with Crippen LogP contribution in [0, 0.1) is 6.92 Å². The number of rotatable bonds is 5. The van der Waals surface area contributed by atoms with Gasteiger partial charge in [0.25, 0.3) is 5.91 Å². The third-order valence-corrected chi connectivity index (χ3v) is 4.14. The number of benzene rings is 2. The average molecular weight is 339 g/mol. The van der Waals surface area contributed by atoms with E-state index >= 15 is 0 Å². The predicted octanol–water partition coefficient (Wildman–Crippen LogP) is 1.63. The second kappa shape index (κ2) is 7.04. The summed E-state index contributed by atoms with van der Waals surface area (Å²) in [7, 11) is 1.91. The molecule has 6 nitrogen and oxygen atoms in total. The molecule has 0 bridgehead atoms. The molecule has 0 saturated heterocycles. The van der Waals surface area contributed by atoms with Gasteiger partial charge in [-0.25, -0.2) is 0 Å². The van der Waals surface area contributed by atoms with Crippen LogP contribution in [0.4, 0.5) is 0 Å². The Morgan fingerprint density at radius 3 is 2.64 bits per heavy atom. The summed E-state index contributed by atoms with van der Waals surface area (Å²) in [5.74, 6) is -0.291. The number of carbonyl (C=O) groups excluding carboxylic acids is 1. The van der Waals surface area contributed by atoms with Crippen LogP contribution in [0.1, 0.15) is 15.9 Å². The smallest absolute Gasteiger partial charge is 0.251 e. The van der Waals surface area contributed by atoms with Crippen LogP contribution >= 0.6 is 0 Å². The topological polar surface area (TPSA) is 87.4 Å². The number of aromatic nitrogens is 2. The molecular weight excluding hydrogens is 318 g/mol. The Hall–Kier alpha value is -2.70. The van der Waals surface area contributed by atoms with E-state index in [0.29, 0.717) is 5.56 Å². The summed E-state index contributed by atoms with van der Waals surface area (Å²) in [5, 5.41) is 26.3. The molecule has 0 unspecified atom stereocenters. The summed E-state index contributed by atoms with van der Waals surface area (Å²) in [5.41, 5.74) is 4.53. The molecule has 0 aliphatic rings. The maximum atomic E-state index is 12.1. The molecule has 1 amide bonds. The van der Waals surface area contributed by atoms with Crippen LogP contribution in [-0.4, -0.2) is 45.2 Å². The van der Waals surface area contributed by atoms with Crippen LogP contribution in [-0.2, 0) is 7.05 Å². The highest BCUT2D eigenvalue weighted by molar-refractivity contribution is 5.96. The van der Waals surface area contributed by atoms with E-state index in [0.717, 1.165) is 22.2 Å². The molecular formula is C19H21N3O3. The standard InChI is InChI=1S/C19H21N3O3/c1-12-3-8-17-16(9-12)18(21-22(17)2)13-4-6-14(7-5-13)19(25)20-10-15(24)11-23/h3-9,15,23-24H,10-11H2,1-2H3,(H,20,25)/t15-/m0/s1. The Labute approximate surface area is 145 Å². The molecule has 1 heterocycles. The summed E-state index contributed by atoms with van der Waals surface area (Å²) >= 11 is 0. The highest BCUT2D eigenvalue weighted by Gasteiger charge is 2.12. The van der Waals surface area contributed by atoms with Gasteiger partial charge in [0.15, 0.2) is 0 Å². The fourth-order valence-electron chi connectivity index (χ4n) is 2.75. The van der Waals surface area contributed by atoms with Gasteiger partial charge in [0.05, 0.1) is 18.2 Å². The van der Waals surface area contributed by atoms with Crippen molar-refractivity contribution >= 4 is 16.8 Å². The molecule has 25 heavy (non-hydrogen) atoms. The monoisotopic (exact) mass is 339 g/mol. The van der Waals surface area contributed by atoms with Gasteiger partial charge in [-0.2, -0.15) is 5.10 Å². The first-order chi connectivity index (χ1) is 12.0. The number of aliphatic hydroxyl groups is 2. The minimum Gasteiger partial charge on any atom is -0.394 e. The van der Waals surface area contributed by atoms with Crippen LogP contribution in [0.2, 0.25) is 0 Å². The van der Waals surface area contributed by atoms with Gasteiger partial charge in [0.2, 0.25) is 0 Å². The largest absolute Gasteiger partial charge is 0.394 e. The normalized spacial score (nSPS) is 12.3. The number of carbonyl (C=O) groups is 1. The van der Waals surface area contributed by atoms with Gasteiger partial charge >= 0.3 is 0 Å². The van der Waals surface area contributed by atoms with Crippen LogP contribution in [0.3, 0.4) is 0 Å². The van der Waals surface area contributed by atoms with Crippen molar-refractivity contribution in [3.8, 4) is 11.3 Å². The van der Waals surface area contributed by atoms with Gasteiger partial charge in [-0.15, -0.1) is 0 Å². The van der Waals surface area contributed by atoms with Crippen LogP contribution in [0.5, 0.6) is 0 Å². The predicted molar refractivity (Wildman–Crippen MR) is 96.3 cm³/mol. The Morgan fingerprint density at radius 2 is 1.96 bits per heavy atom. The lowest BCUT2D eigenvalue weighted by molar-refractivity contribution is 0.0802. The Bertz CT molecular complexity index is 900. The molecule has 0 saturated carbocycles. The number of nitrogens with zero attached hydrogens (tertiary/aromatic N) is 2. The molecule has 2 aromatic carbocycles. The maximum absolute atomic E-state index is 12.1. The number of hydrogen-bond donors (Lipinski definition) is 3. The van der Waals surface area contributed by atoms with Gasteiger partial charge in [0, 0.05) is 30.1 Å². The SMILES string of the molecule is Cc1ccc2c(c1)c(-c1ccc(C(=O)NC[C@H](O)CO)cc1)nn2C. The van der Waals surface area contributed by atoms with Gasteiger partial charge < -0.3 is 15.5 Å². The molecule has 6 heteroatoms. The van der Waals surface area contributed by atoms with Crippen molar-refractivity contribution < 1.29 is 15.0 Å². The first-order valence-electron chi connectivity index (χ1n) is 8.10. The van der Waals surface area contributed by atoms with Crippen LogP contribution in [0.15, 0.2) is 42.5 Å². The van der Waals surface area contributed by atoms with Gasteiger partial charge in [-0.05, 0) is 31.2 Å². The van der Waals surface area contributed by atoms with Crippen LogP contribution in [0.25, 0.3) is 22.2 Å². The van der Waals surface area contributed by atoms with E-state index in [-0.39, 0.29) is 19.1 Å². The second-order valence-electron chi connectivity index (χ2n) is 6.12. The lowest BCUT2D eigenvalue weighted by Crippen LogP contribution is -2.33. The van der Waals surface area contributed by atoms with Crippen molar-refractivity contribution in [3.05, 3.63) is 53.6 Å². The molecule has 1 aromatic heterocycles. The first-order valence-corrected chi connectivity index (χ1v) is 8.10. The molecule has 0 radical (unpaired) electrons. The number of aliphatic hydroxyl groups excluding tert-OH is 2. The van der Waals surface area contributed by atoms with E-state index in [2.05, 4.69) is 28.6 Å². The molecule has 3 N–H and O–H groups in total. The quantitative estimate of drug-likeness (QED) is 0.659. The molecule has 3 rings (SSSR count). The number of aryl methyl sites for hydroxylation is 2. The number of fused-ring (bicyclic) bond motifs is 1. The van der Waals surface area contributed by atoms with Crippen molar-refractivity contribution in [2.45, 2.75) is 13.0 Å². The minimum absolute atomic E-state index is 0.0151. The molecule has 0 fully saturated rings. The van der Waals surface area contributed by atoms with Gasteiger partial charge in [0.1, 0.15) is 5.69 Å². The molecule has 3 aromatic rings. The summed E-state index contributed by atoms with van der Waals surface area (Å²) < 4.78 is 1.85. The van der Waals surface area contributed by atoms with Gasteiger partial charge in [-0.1, -0.05) is 23.8 Å². The van der Waals surface area contributed by atoms with E-state index < -0.39 is 6.10 Å². The molecule has 1 atom stereocenters. The zero-order valence-corrected chi connectivity index (χ0v) is 14.2. The van der Waals surface area contributed by atoms with E-state index in [1.807, 2.05) is 30.8 Å². The summed E-state index contributed by atoms with van der Waals surface area (Å²) in [6, 6.07) is 13.4. The summed E-state index contributed by atoms with van der Waals surface area (Å²) in [4.78, 5) is 12.1. The molecule has 0 spiro atoms. The second-order valence-corrected chi connectivity index (χ2v) is 6.12. The van der Waals surface area contributed by atoms with E-state index in [1.54, 1.807) is 12.1 Å². The zero-order valence-electron chi connectivity index (χ0n) is 14.2. The minimum atomic E-state index is -0.952. The highest BCUT2D eigenvalue weighted by Crippen LogP contribution is 2.28. The Kier molecular flexibility index (Phi) is 4.83. The number of hydrogen-bond acceptors (Lipinski definition) is 4. The van der Waals surface area contributed by atoms with Crippen molar-refractivity contribution in [1.29, 1.82) is 0 Å². The van der Waals surface area contributed by atoms with Crippen molar-refractivity contribution in [2.75, 3.05) is 13.2 Å². The van der Waals surface area contributed by atoms with E-state index in [9.17, 15) is 9.90 Å².